The molecular formula is C10H15NO5S2. The van der Waals surface area contributed by atoms with E-state index in [1.165, 1.54) is 20.2 Å². The van der Waals surface area contributed by atoms with Crippen LogP contribution in [0.3, 0.4) is 0 Å². The minimum Gasteiger partial charge on any atom is -0.477 e. The molecule has 0 aromatic carbocycles. The second-order valence-electron chi connectivity index (χ2n) is 3.70. The molecule has 0 aliphatic carbocycles. The Morgan fingerprint density at radius 3 is 2.61 bits per heavy atom. The van der Waals surface area contributed by atoms with Gasteiger partial charge in [0.1, 0.15) is 9.09 Å². The highest BCUT2D eigenvalue weighted by molar-refractivity contribution is 7.91. The van der Waals surface area contributed by atoms with Gasteiger partial charge < -0.3 is 9.84 Å². The summed E-state index contributed by atoms with van der Waals surface area (Å²) in [6.45, 7) is 2.08. The summed E-state index contributed by atoms with van der Waals surface area (Å²) in [6, 6.07) is 1.38. The maximum Gasteiger partial charge on any atom is 0.346 e. The van der Waals surface area contributed by atoms with Crippen LogP contribution in [0.2, 0.25) is 0 Å². The fourth-order valence-corrected chi connectivity index (χ4v) is 4.03. The summed E-state index contributed by atoms with van der Waals surface area (Å²) >= 11 is 0.766. The van der Waals surface area contributed by atoms with Gasteiger partial charge in [0.05, 0.1) is 6.61 Å². The van der Waals surface area contributed by atoms with Crippen LogP contribution in [0.1, 0.15) is 15.2 Å². The van der Waals surface area contributed by atoms with Crippen molar-refractivity contribution in [3.05, 3.63) is 16.5 Å². The van der Waals surface area contributed by atoms with E-state index in [2.05, 4.69) is 0 Å². The lowest BCUT2D eigenvalue weighted by Crippen LogP contribution is -2.29. The molecule has 6 nitrogen and oxygen atoms in total. The Balaban J connectivity index is 3.05. The molecule has 102 valence electrons. The highest BCUT2D eigenvalue weighted by atomic mass is 32.2. The van der Waals surface area contributed by atoms with Gasteiger partial charge in [-0.25, -0.2) is 13.2 Å². The van der Waals surface area contributed by atoms with Gasteiger partial charge >= 0.3 is 5.97 Å². The number of carboxylic acid groups (broad SMARTS) is 1. The molecule has 0 radical (unpaired) electrons. The normalized spacial score (nSPS) is 12.0. The van der Waals surface area contributed by atoms with Crippen molar-refractivity contribution < 1.29 is 23.1 Å². The summed E-state index contributed by atoms with van der Waals surface area (Å²) in [5, 5.41) is 8.91. The second-order valence-corrected chi connectivity index (χ2v) is 7.03. The zero-order chi connectivity index (χ0) is 13.9. The maximum atomic E-state index is 12.1. The zero-order valence-corrected chi connectivity index (χ0v) is 12.0. The number of rotatable bonds is 6. The molecule has 0 unspecified atom stereocenters. The lowest BCUT2D eigenvalue weighted by Gasteiger charge is -2.14. The molecule has 1 aromatic heterocycles. The molecule has 0 spiro atoms. The van der Waals surface area contributed by atoms with Crippen LogP contribution in [-0.4, -0.2) is 51.1 Å². The van der Waals surface area contributed by atoms with Crippen LogP contribution in [-0.2, 0) is 14.8 Å². The Morgan fingerprint density at radius 2 is 2.17 bits per heavy atom. The summed E-state index contributed by atoms with van der Waals surface area (Å²) < 4.78 is 30.2. The van der Waals surface area contributed by atoms with Crippen LogP contribution in [0.25, 0.3) is 0 Å². The number of ether oxygens (including phenoxy) is 1. The van der Waals surface area contributed by atoms with E-state index in [4.69, 9.17) is 9.84 Å². The van der Waals surface area contributed by atoms with Gasteiger partial charge in [-0.2, -0.15) is 4.31 Å². The van der Waals surface area contributed by atoms with E-state index in [9.17, 15) is 13.2 Å². The zero-order valence-electron chi connectivity index (χ0n) is 10.3. The van der Waals surface area contributed by atoms with Crippen molar-refractivity contribution in [2.45, 2.75) is 11.1 Å². The largest absolute Gasteiger partial charge is 0.477 e. The highest BCUT2D eigenvalue weighted by Gasteiger charge is 2.25. The molecule has 0 amide bonds. The Morgan fingerprint density at radius 1 is 1.56 bits per heavy atom. The second kappa shape index (κ2) is 5.79. The lowest BCUT2D eigenvalue weighted by atomic mass is 10.3. The first-order valence-electron chi connectivity index (χ1n) is 5.09. The third-order valence-corrected chi connectivity index (χ3v) is 5.90. The lowest BCUT2D eigenvalue weighted by molar-refractivity contribution is 0.0701. The van der Waals surface area contributed by atoms with Gasteiger partial charge in [-0.05, 0) is 18.6 Å². The van der Waals surface area contributed by atoms with Crippen LogP contribution < -0.4 is 0 Å². The van der Waals surface area contributed by atoms with Gasteiger partial charge in [0, 0.05) is 20.7 Å². The third kappa shape index (κ3) is 3.08. The van der Waals surface area contributed by atoms with E-state index < -0.39 is 16.0 Å². The van der Waals surface area contributed by atoms with E-state index in [0.717, 1.165) is 15.6 Å². The van der Waals surface area contributed by atoms with Crippen molar-refractivity contribution in [1.29, 1.82) is 0 Å². The van der Waals surface area contributed by atoms with Crippen molar-refractivity contribution in [2.75, 3.05) is 27.3 Å². The number of methoxy groups -OCH3 is 1. The maximum absolute atomic E-state index is 12.1. The van der Waals surface area contributed by atoms with E-state index in [0.29, 0.717) is 5.56 Å². The first-order chi connectivity index (χ1) is 8.30. The molecule has 1 N–H and O–H groups in total. The number of likely N-dealkylation sites (N-methyl/N-ethyl adjacent to an activating group) is 1. The number of carbonyl (C=O) groups is 1. The summed E-state index contributed by atoms with van der Waals surface area (Å²) in [5.41, 5.74) is 0.450. The number of nitrogens with zero attached hydrogens (tertiary/aromatic N) is 1. The topological polar surface area (TPSA) is 83.9 Å². The van der Waals surface area contributed by atoms with E-state index in [1.54, 1.807) is 6.92 Å². The van der Waals surface area contributed by atoms with Gasteiger partial charge in [-0.15, -0.1) is 11.3 Å². The molecule has 0 bridgehead atoms. The van der Waals surface area contributed by atoms with Crippen molar-refractivity contribution in [2.24, 2.45) is 0 Å². The molecule has 8 heteroatoms. The number of hydrogen-bond donors (Lipinski definition) is 1. The monoisotopic (exact) mass is 293 g/mol. The smallest absolute Gasteiger partial charge is 0.346 e. The molecule has 0 saturated carbocycles. The standard InChI is InChI=1S/C10H15NO5S2/c1-7-6-8(17-9(7)10(12)13)18(14,15)11(2)4-5-16-3/h6H,4-5H2,1-3H3,(H,12,13). The molecule has 1 rings (SSSR count). The van der Waals surface area contributed by atoms with Gasteiger partial charge in [0.2, 0.25) is 0 Å². The first kappa shape index (κ1) is 15.1. The van der Waals surface area contributed by atoms with E-state index in [-0.39, 0.29) is 22.2 Å². The van der Waals surface area contributed by atoms with Crippen LogP contribution in [0, 0.1) is 6.92 Å². The quantitative estimate of drug-likeness (QED) is 0.846. The molecule has 18 heavy (non-hydrogen) atoms. The summed E-state index contributed by atoms with van der Waals surface area (Å²) in [6.07, 6.45) is 0. The molecule has 1 aromatic rings. The number of carboxylic acids is 1. The molecule has 0 aliphatic heterocycles. The number of sulfonamides is 1. The average molecular weight is 293 g/mol. The molecule has 0 fully saturated rings. The molecule has 1 heterocycles. The fourth-order valence-electron chi connectivity index (χ4n) is 1.29. The van der Waals surface area contributed by atoms with Crippen molar-refractivity contribution in [1.82, 2.24) is 4.31 Å². The minimum absolute atomic E-state index is 0.0380. The summed E-state index contributed by atoms with van der Waals surface area (Å²) in [5.74, 6) is -1.11. The Labute approximate surface area is 110 Å². The predicted octanol–water partition coefficient (Wildman–Crippen LogP) is 1.02. The number of hydrogen-bond acceptors (Lipinski definition) is 5. The minimum atomic E-state index is -3.64. The van der Waals surface area contributed by atoms with E-state index >= 15 is 0 Å². The van der Waals surface area contributed by atoms with Gasteiger partial charge in [0.25, 0.3) is 10.0 Å². The van der Waals surface area contributed by atoms with Crippen LogP contribution in [0.15, 0.2) is 10.3 Å². The van der Waals surface area contributed by atoms with Crippen molar-refractivity contribution in [3.63, 3.8) is 0 Å². The molecule has 0 atom stereocenters. The SMILES string of the molecule is COCCN(C)S(=O)(=O)c1cc(C)c(C(=O)O)s1. The van der Waals surface area contributed by atoms with E-state index in [1.807, 2.05) is 0 Å². The Kier molecular flexibility index (Phi) is 4.85. The number of thiophene rings is 1. The molecule has 0 aliphatic rings. The van der Waals surface area contributed by atoms with Crippen LogP contribution >= 0.6 is 11.3 Å². The highest BCUT2D eigenvalue weighted by Crippen LogP contribution is 2.27. The van der Waals surface area contributed by atoms with Gasteiger partial charge in [0.15, 0.2) is 0 Å². The predicted molar refractivity (Wildman–Crippen MR) is 67.7 cm³/mol. The average Bonchev–Trinajstić information content (AvgIpc) is 2.68. The Hall–Kier alpha value is -0.960. The number of aryl methyl sites for hydroxylation is 1. The third-order valence-electron chi connectivity index (χ3n) is 2.36. The Bertz CT molecular complexity index is 534. The first-order valence-corrected chi connectivity index (χ1v) is 7.35. The number of aromatic carboxylic acids is 1. The van der Waals surface area contributed by atoms with Gasteiger partial charge in [-0.3, -0.25) is 0 Å². The molecular weight excluding hydrogens is 278 g/mol. The summed E-state index contributed by atoms with van der Waals surface area (Å²) in [7, 11) is -0.719. The summed E-state index contributed by atoms with van der Waals surface area (Å²) in [4.78, 5) is 10.9. The van der Waals surface area contributed by atoms with Crippen LogP contribution in [0.5, 0.6) is 0 Å². The molecule has 0 saturated heterocycles. The van der Waals surface area contributed by atoms with Crippen LogP contribution in [0.4, 0.5) is 0 Å². The van der Waals surface area contributed by atoms with Gasteiger partial charge in [-0.1, -0.05) is 0 Å². The fraction of sp³-hybridized carbons (Fsp3) is 0.500. The van der Waals surface area contributed by atoms with Crippen molar-refractivity contribution in [3.8, 4) is 0 Å². The van der Waals surface area contributed by atoms with Crippen molar-refractivity contribution >= 4 is 27.3 Å².